The molecule has 0 spiro atoms. The summed E-state index contributed by atoms with van der Waals surface area (Å²) >= 11 is 0. The number of benzene rings is 2. The molecule has 0 bridgehead atoms. The van der Waals surface area contributed by atoms with Gasteiger partial charge in [-0.3, -0.25) is 4.79 Å². The van der Waals surface area contributed by atoms with E-state index in [1.165, 1.54) is 0 Å². The summed E-state index contributed by atoms with van der Waals surface area (Å²) in [7, 11) is 0. The van der Waals surface area contributed by atoms with Crippen molar-refractivity contribution in [1.82, 2.24) is 5.32 Å². The Kier molecular flexibility index (Phi) is 3.80. The highest BCUT2D eigenvalue weighted by Gasteiger charge is 2.11. The Labute approximate surface area is 110 Å². The van der Waals surface area contributed by atoms with Gasteiger partial charge in [-0.05, 0) is 30.7 Å². The number of aromatic hydroxyl groups is 1. The van der Waals surface area contributed by atoms with Crippen LogP contribution in [0.5, 0.6) is 5.75 Å². The SMILES string of the molecule is Cc1cccc(CNC(=O)c2cc(F)ccc2O)c1. The van der Waals surface area contributed by atoms with E-state index in [1.54, 1.807) is 0 Å². The standard InChI is InChI=1S/C15H14FNO2/c1-10-3-2-4-11(7-10)9-17-15(19)13-8-12(16)5-6-14(13)18/h2-8,18H,9H2,1H3,(H,17,19). The Morgan fingerprint density at radius 2 is 2.05 bits per heavy atom. The van der Waals surface area contributed by atoms with Gasteiger partial charge in [0.05, 0.1) is 5.56 Å². The Morgan fingerprint density at radius 3 is 2.79 bits per heavy atom. The molecule has 98 valence electrons. The minimum absolute atomic E-state index is 0.0624. The van der Waals surface area contributed by atoms with Crippen LogP contribution in [0.2, 0.25) is 0 Å². The second kappa shape index (κ2) is 5.52. The van der Waals surface area contributed by atoms with Crippen LogP contribution in [0.25, 0.3) is 0 Å². The van der Waals surface area contributed by atoms with Crippen molar-refractivity contribution in [1.29, 1.82) is 0 Å². The molecular weight excluding hydrogens is 245 g/mol. The molecule has 4 heteroatoms. The molecule has 2 aromatic rings. The van der Waals surface area contributed by atoms with Crippen LogP contribution in [-0.4, -0.2) is 11.0 Å². The van der Waals surface area contributed by atoms with Gasteiger partial charge in [-0.15, -0.1) is 0 Å². The molecule has 2 aromatic carbocycles. The van der Waals surface area contributed by atoms with E-state index >= 15 is 0 Å². The Morgan fingerprint density at radius 1 is 1.26 bits per heavy atom. The first-order valence-corrected chi connectivity index (χ1v) is 5.88. The van der Waals surface area contributed by atoms with Crippen LogP contribution >= 0.6 is 0 Å². The van der Waals surface area contributed by atoms with Crippen molar-refractivity contribution in [2.75, 3.05) is 0 Å². The van der Waals surface area contributed by atoms with Crippen LogP contribution in [0.15, 0.2) is 42.5 Å². The maximum atomic E-state index is 13.0. The number of carbonyl (C=O) groups is 1. The molecule has 3 nitrogen and oxygen atoms in total. The van der Waals surface area contributed by atoms with E-state index in [0.717, 1.165) is 29.3 Å². The summed E-state index contributed by atoms with van der Waals surface area (Å²) < 4.78 is 13.0. The van der Waals surface area contributed by atoms with E-state index in [-0.39, 0.29) is 11.3 Å². The summed E-state index contributed by atoms with van der Waals surface area (Å²) in [6.07, 6.45) is 0. The van der Waals surface area contributed by atoms with Gasteiger partial charge in [-0.2, -0.15) is 0 Å². The number of phenolic OH excluding ortho intramolecular Hbond substituents is 1. The van der Waals surface area contributed by atoms with Gasteiger partial charge >= 0.3 is 0 Å². The van der Waals surface area contributed by atoms with Gasteiger partial charge in [0.1, 0.15) is 11.6 Å². The third-order valence-corrected chi connectivity index (χ3v) is 2.74. The Balaban J connectivity index is 2.07. The molecule has 0 aliphatic rings. The third kappa shape index (κ3) is 3.31. The predicted molar refractivity (Wildman–Crippen MR) is 70.4 cm³/mol. The molecule has 2 rings (SSSR count). The smallest absolute Gasteiger partial charge is 0.255 e. The highest BCUT2D eigenvalue weighted by Crippen LogP contribution is 2.17. The van der Waals surface area contributed by atoms with Gasteiger partial charge in [0.2, 0.25) is 0 Å². The number of hydrogen-bond acceptors (Lipinski definition) is 2. The molecule has 0 atom stereocenters. The van der Waals surface area contributed by atoms with Gasteiger partial charge in [0.25, 0.3) is 5.91 Å². The van der Waals surface area contributed by atoms with E-state index in [2.05, 4.69) is 5.32 Å². The maximum Gasteiger partial charge on any atom is 0.255 e. The second-order valence-corrected chi connectivity index (χ2v) is 4.33. The lowest BCUT2D eigenvalue weighted by Crippen LogP contribution is -2.23. The Hall–Kier alpha value is -2.36. The lowest BCUT2D eigenvalue weighted by molar-refractivity contribution is 0.0947. The van der Waals surface area contributed by atoms with Crippen LogP contribution in [0.1, 0.15) is 21.5 Å². The molecule has 1 amide bonds. The molecule has 0 saturated heterocycles. The lowest BCUT2D eigenvalue weighted by atomic mass is 10.1. The average Bonchev–Trinajstić information content (AvgIpc) is 2.39. The minimum Gasteiger partial charge on any atom is -0.507 e. The first-order chi connectivity index (χ1) is 9.06. The van der Waals surface area contributed by atoms with E-state index < -0.39 is 11.7 Å². The molecule has 0 heterocycles. The number of phenols is 1. The molecule has 0 radical (unpaired) electrons. The van der Waals surface area contributed by atoms with Gasteiger partial charge in [0.15, 0.2) is 0 Å². The van der Waals surface area contributed by atoms with Crippen molar-refractivity contribution in [3.8, 4) is 5.75 Å². The highest BCUT2D eigenvalue weighted by molar-refractivity contribution is 5.96. The number of nitrogens with one attached hydrogen (secondary N) is 1. The zero-order valence-corrected chi connectivity index (χ0v) is 10.5. The lowest BCUT2D eigenvalue weighted by Gasteiger charge is -2.07. The zero-order valence-electron chi connectivity index (χ0n) is 10.5. The molecule has 2 N–H and O–H groups in total. The normalized spacial score (nSPS) is 10.2. The molecular formula is C15H14FNO2. The summed E-state index contributed by atoms with van der Waals surface area (Å²) in [4.78, 5) is 11.8. The van der Waals surface area contributed by atoms with Crippen LogP contribution in [0.4, 0.5) is 4.39 Å². The number of hydrogen-bond donors (Lipinski definition) is 2. The molecule has 0 saturated carbocycles. The molecule has 0 unspecified atom stereocenters. The molecule has 19 heavy (non-hydrogen) atoms. The number of carbonyl (C=O) groups excluding carboxylic acids is 1. The number of aryl methyl sites for hydroxylation is 1. The number of halogens is 1. The predicted octanol–water partition coefficient (Wildman–Crippen LogP) is 2.77. The number of rotatable bonds is 3. The van der Waals surface area contributed by atoms with Crippen LogP contribution < -0.4 is 5.32 Å². The summed E-state index contributed by atoms with van der Waals surface area (Å²) in [5.74, 6) is -1.29. The van der Waals surface area contributed by atoms with Gasteiger partial charge in [-0.1, -0.05) is 29.8 Å². The molecule has 0 aromatic heterocycles. The number of amides is 1. The topological polar surface area (TPSA) is 49.3 Å². The van der Waals surface area contributed by atoms with Gasteiger partial charge in [-0.25, -0.2) is 4.39 Å². The summed E-state index contributed by atoms with van der Waals surface area (Å²) in [6.45, 7) is 2.29. The zero-order chi connectivity index (χ0) is 13.8. The fraction of sp³-hybridized carbons (Fsp3) is 0.133. The summed E-state index contributed by atoms with van der Waals surface area (Å²) in [6, 6.07) is 11.0. The molecule has 0 aliphatic heterocycles. The average molecular weight is 259 g/mol. The first kappa shape index (κ1) is 13.1. The Bertz CT molecular complexity index is 611. The molecule has 0 fully saturated rings. The van der Waals surface area contributed by atoms with Crippen LogP contribution in [0, 0.1) is 12.7 Å². The van der Waals surface area contributed by atoms with Crippen molar-refractivity contribution >= 4 is 5.91 Å². The third-order valence-electron chi connectivity index (χ3n) is 2.74. The monoisotopic (exact) mass is 259 g/mol. The largest absolute Gasteiger partial charge is 0.507 e. The van der Waals surface area contributed by atoms with Crippen LogP contribution in [0.3, 0.4) is 0 Å². The highest BCUT2D eigenvalue weighted by atomic mass is 19.1. The van der Waals surface area contributed by atoms with Gasteiger partial charge in [0, 0.05) is 6.54 Å². The van der Waals surface area contributed by atoms with E-state index in [1.807, 2.05) is 31.2 Å². The van der Waals surface area contributed by atoms with Gasteiger partial charge < -0.3 is 10.4 Å². The van der Waals surface area contributed by atoms with Crippen molar-refractivity contribution in [2.24, 2.45) is 0 Å². The van der Waals surface area contributed by atoms with E-state index in [0.29, 0.717) is 6.54 Å². The van der Waals surface area contributed by atoms with Crippen molar-refractivity contribution in [3.63, 3.8) is 0 Å². The van der Waals surface area contributed by atoms with Crippen molar-refractivity contribution in [3.05, 3.63) is 65.0 Å². The quantitative estimate of drug-likeness (QED) is 0.890. The fourth-order valence-corrected chi connectivity index (χ4v) is 1.79. The molecule has 0 aliphatic carbocycles. The fourth-order valence-electron chi connectivity index (χ4n) is 1.79. The van der Waals surface area contributed by atoms with Crippen LogP contribution in [-0.2, 0) is 6.54 Å². The second-order valence-electron chi connectivity index (χ2n) is 4.33. The minimum atomic E-state index is -0.557. The first-order valence-electron chi connectivity index (χ1n) is 5.88. The maximum absolute atomic E-state index is 13.0. The summed E-state index contributed by atoms with van der Waals surface area (Å²) in [5, 5.41) is 12.2. The summed E-state index contributed by atoms with van der Waals surface area (Å²) in [5.41, 5.74) is 1.98. The van der Waals surface area contributed by atoms with Crippen molar-refractivity contribution < 1.29 is 14.3 Å². The van der Waals surface area contributed by atoms with Crippen molar-refractivity contribution in [2.45, 2.75) is 13.5 Å². The van der Waals surface area contributed by atoms with E-state index in [9.17, 15) is 14.3 Å². The van der Waals surface area contributed by atoms with E-state index in [4.69, 9.17) is 0 Å².